The van der Waals surface area contributed by atoms with Gasteiger partial charge in [0.05, 0.1) is 17.8 Å². The third kappa shape index (κ3) is 5.83. The van der Waals surface area contributed by atoms with Crippen LogP contribution < -0.4 is 10.6 Å². The summed E-state index contributed by atoms with van der Waals surface area (Å²) in [5.41, 5.74) is 6.89. The zero-order valence-corrected chi connectivity index (χ0v) is 12.2. The largest absolute Gasteiger partial charge is 0.481 e. The number of hydrogen-bond donors (Lipinski definition) is 2. The first kappa shape index (κ1) is 17.0. The number of rotatable bonds is 9. The number of ether oxygens (including phenoxy) is 1. The maximum atomic E-state index is 12.3. The number of carbonyl (C=O) groups excluding carboxylic acids is 1. The lowest BCUT2D eigenvalue weighted by Crippen LogP contribution is -2.33. The van der Waals surface area contributed by atoms with Crippen LogP contribution in [-0.2, 0) is 14.3 Å². The number of carbonyl (C=O) groups is 2. The third-order valence-electron chi connectivity index (χ3n) is 2.96. The number of nitrogens with zero attached hydrogens (tertiary/aromatic N) is 1. The van der Waals surface area contributed by atoms with Crippen LogP contribution in [0.2, 0.25) is 0 Å². The van der Waals surface area contributed by atoms with Crippen molar-refractivity contribution >= 4 is 23.3 Å². The smallest absolute Gasteiger partial charge is 0.305 e. The molecule has 0 aromatic heterocycles. The number of carboxylic acid groups (broad SMARTS) is 1. The Kier molecular flexibility index (Phi) is 7.25. The van der Waals surface area contributed by atoms with Crippen molar-refractivity contribution in [2.45, 2.75) is 26.2 Å². The van der Waals surface area contributed by atoms with Gasteiger partial charge in [-0.3, -0.25) is 9.59 Å². The quantitative estimate of drug-likeness (QED) is 0.536. The maximum Gasteiger partial charge on any atom is 0.305 e. The second kappa shape index (κ2) is 8.97. The van der Waals surface area contributed by atoms with Crippen LogP contribution in [0.3, 0.4) is 0 Å². The number of carboxylic acids is 1. The maximum absolute atomic E-state index is 12.3. The van der Waals surface area contributed by atoms with Crippen LogP contribution in [0.5, 0.6) is 0 Å². The number of nitrogen functional groups attached to an aromatic ring is 1. The van der Waals surface area contributed by atoms with E-state index in [0.717, 1.165) is 0 Å². The minimum atomic E-state index is -0.948. The summed E-state index contributed by atoms with van der Waals surface area (Å²) in [5.74, 6) is -1.09. The van der Waals surface area contributed by atoms with Gasteiger partial charge in [-0.15, -0.1) is 0 Å². The SMILES string of the molecule is CCOCCCC(=O)N(CCC(=O)O)c1ccccc1N. The molecule has 0 spiro atoms. The van der Waals surface area contributed by atoms with Crippen molar-refractivity contribution in [1.29, 1.82) is 0 Å². The van der Waals surface area contributed by atoms with E-state index < -0.39 is 5.97 Å². The molecule has 6 heteroatoms. The molecule has 6 nitrogen and oxygen atoms in total. The lowest BCUT2D eigenvalue weighted by molar-refractivity contribution is -0.136. The molecule has 0 radical (unpaired) electrons. The average Bonchev–Trinajstić information content (AvgIpc) is 2.45. The molecule has 0 saturated heterocycles. The highest BCUT2D eigenvalue weighted by Gasteiger charge is 2.18. The van der Waals surface area contributed by atoms with Crippen LogP contribution in [0, 0.1) is 0 Å². The van der Waals surface area contributed by atoms with Gasteiger partial charge in [0.25, 0.3) is 0 Å². The summed E-state index contributed by atoms with van der Waals surface area (Å²) < 4.78 is 5.20. The summed E-state index contributed by atoms with van der Waals surface area (Å²) in [5, 5.41) is 8.82. The number of aliphatic carboxylic acids is 1. The average molecular weight is 294 g/mol. The van der Waals surface area contributed by atoms with Crippen LogP contribution >= 0.6 is 0 Å². The van der Waals surface area contributed by atoms with Crippen LogP contribution in [0.15, 0.2) is 24.3 Å². The van der Waals surface area contributed by atoms with Gasteiger partial charge >= 0.3 is 5.97 Å². The van der Waals surface area contributed by atoms with Gasteiger partial charge in [-0.05, 0) is 25.5 Å². The van der Waals surface area contributed by atoms with Crippen molar-refractivity contribution < 1.29 is 19.4 Å². The van der Waals surface area contributed by atoms with Gasteiger partial charge in [0.2, 0.25) is 5.91 Å². The molecule has 0 aliphatic rings. The second-order valence-corrected chi connectivity index (χ2v) is 4.55. The Balaban J connectivity index is 2.74. The summed E-state index contributed by atoms with van der Waals surface area (Å²) in [6, 6.07) is 6.95. The summed E-state index contributed by atoms with van der Waals surface area (Å²) in [6.07, 6.45) is 0.780. The van der Waals surface area contributed by atoms with E-state index in [0.29, 0.717) is 37.4 Å². The molecule has 1 amide bonds. The first-order valence-electron chi connectivity index (χ1n) is 7.00. The fourth-order valence-corrected chi connectivity index (χ4v) is 1.93. The Morgan fingerprint density at radius 3 is 2.62 bits per heavy atom. The van der Waals surface area contributed by atoms with Gasteiger partial charge in [0, 0.05) is 26.2 Å². The Morgan fingerprint density at radius 2 is 2.00 bits per heavy atom. The molecule has 0 aliphatic heterocycles. The highest BCUT2D eigenvalue weighted by molar-refractivity contribution is 5.96. The van der Waals surface area contributed by atoms with E-state index in [4.69, 9.17) is 15.6 Å². The van der Waals surface area contributed by atoms with E-state index in [1.807, 2.05) is 6.92 Å². The summed E-state index contributed by atoms with van der Waals surface area (Å²) >= 11 is 0. The normalized spacial score (nSPS) is 10.3. The topological polar surface area (TPSA) is 92.9 Å². The minimum absolute atomic E-state index is 0.108. The van der Waals surface area contributed by atoms with E-state index in [9.17, 15) is 9.59 Å². The number of para-hydroxylation sites is 2. The van der Waals surface area contributed by atoms with Crippen LogP contribution in [0.1, 0.15) is 26.2 Å². The van der Waals surface area contributed by atoms with E-state index in [-0.39, 0.29) is 18.9 Å². The van der Waals surface area contributed by atoms with Crippen LogP contribution in [0.25, 0.3) is 0 Å². The fraction of sp³-hybridized carbons (Fsp3) is 0.467. The number of hydrogen-bond acceptors (Lipinski definition) is 4. The second-order valence-electron chi connectivity index (χ2n) is 4.55. The van der Waals surface area contributed by atoms with E-state index in [1.165, 1.54) is 4.90 Å². The highest BCUT2D eigenvalue weighted by Crippen LogP contribution is 2.23. The van der Waals surface area contributed by atoms with Gasteiger partial charge < -0.3 is 20.5 Å². The van der Waals surface area contributed by atoms with Crippen LogP contribution in [-0.4, -0.2) is 36.7 Å². The third-order valence-corrected chi connectivity index (χ3v) is 2.96. The van der Waals surface area contributed by atoms with Crippen molar-refractivity contribution in [3.8, 4) is 0 Å². The molecule has 0 aliphatic carbocycles. The molecule has 0 fully saturated rings. The minimum Gasteiger partial charge on any atom is -0.481 e. The lowest BCUT2D eigenvalue weighted by Gasteiger charge is -2.23. The molecule has 0 saturated carbocycles. The van der Waals surface area contributed by atoms with Gasteiger partial charge in [-0.25, -0.2) is 0 Å². The zero-order valence-electron chi connectivity index (χ0n) is 12.2. The van der Waals surface area contributed by atoms with Crippen LogP contribution in [0.4, 0.5) is 11.4 Å². The number of benzene rings is 1. The predicted molar refractivity (Wildman–Crippen MR) is 81.2 cm³/mol. The Morgan fingerprint density at radius 1 is 1.29 bits per heavy atom. The molecule has 0 bridgehead atoms. The van der Waals surface area contributed by atoms with Crippen molar-refractivity contribution in [3.63, 3.8) is 0 Å². The lowest BCUT2D eigenvalue weighted by atomic mass is 10.2. The standard InChI is InChI=1S/C15H22N2O4/c1-2-21-11-5-8-14(18)17(10-9-15(19)20)13-7-4-3-6-12(13)16/h3-4,6-7H,2,5,8-11,16H2,1H3,(H,19,20). The first-order chi connectivity index (χ1) is 10.1. The molecule has 0 unspecified atom stereocenters. The molecule has 1 aromatic rings. The Hall–Kier alpha value is -2.08. The highest BCUT2D eigenvalue weighted by atomic mass is 16.5. The van der Waals surface area contributed by atoms with E-state index in [2.05, 4.69) is 0 Å². The van der Waals surface area contributed by atoms with Gasteiger partial charge in [-0.2, -0.15) is 0 Å². The number of amides is 1. The zero-order chi connectivity index (χ0) is 15.7. The first-order valence-corrected chi connectivity index (χ1v) is 7.00. The van der Waals surface area contributed by atoms with Crippen molar-refractivity contribution in [1.82, 2.24) is 0 Å². The molecule has 1 aromatic carbocycles. The molecule has 21 heavy (non-hydrogen) atoms. The predicted octanol–water partition coefficient (Wildman–Crippen LogP) is 1.89. The van der Waals surface area contributed by atoms with Gasteiger partial charge in [0.15, 0.2) is 0 Å². The van der Waals surface area contributed by atoms with Crippen molar-refractivity contribution in [2.75, 3.05) is 30.4 Å². The molecular weight excluding hydrogens is 272 g/mol. The molecule has 116 valence electrons. The molecule has 0 atom stereocenters. The number of nitrogens with two attached hydrogens (primary N) is 1. The van der Waals surface area contributed by atoms with Crippen molar-refractivity contribution in [3.05, 3.63) is 24.3 Å². The van der Waals surface area contributed by atoms with Gasteiger partial charge in [-0.1, -0.05) is 12.1 Å². The Labute approximate surface area is 124 Å². The monoisotopic (exact) mass is 294 g/mol. The molecule has 0 heterocycles. The molecular formula is C15H22N2O4. The molecule has 1 rings (SSSR count). The summed E-state index contributed by atoms with van der Waals surface area (Å²) in [7, 11) is 0. The summed E-state index contributed by atoms with van der Waals surface area (Å²) in [4.78, 5) is 24.5. The van der Waals surface area contributed by atoms with Crippen molar-refractivity contribution in [2.24, 2.45) is 0 Å². The van der Waals surface area contributed by atoms with E-state index >= 15 is 0 Å². The molecule has 3 N–H and O–H groups in total. The Bertz CT molecular complexity index is 476. The fourth-order valence-electron chi connectivity index (χ4n) is 1.93. The van der Waals surface area contributed by atoms with Gasteiger partial charge in [0.1, 0.15) is 0 Å². The van der Waals surface area contributed by atoms with E-state index in [1.54, 1.807) is 24.3 Å². The summed E-state index contributed by atoms with van der Waals surface area (Å²) in [6.45, 7) is 3.13. The number of anilines is 2.